The van der Waals surface area contributed by atoms with Crippen LogP contribution in [0.4, 0.5) is 11.4 Å². The summed E-state index contributed by atoms with van der Waals surface area (Å²) in [6, 6.07) is 23.6. The summed E-state index contributed by atoms with van der Waals surface area (Å²) in [4.78, 5) is 28.0. The van der Waals surface area contributed by atoms with Gasteiger partial charge in [0.2, 0.25) is 0 Å². The number of halogens is 1. The average molecular weight is 463 g/mol. The first-order valence-corrected chi connectivity index (χ1v) is 10.3. The highest BCUT2D eigenvalue weighted by Crippen LogP contribution is 2.35. The van der Waals surface area contributed by atoms with E-state index in [9.17, 15) is 9.59 Å². The van der Waals surface area contributed by atoms with Gasteiger partial charge in [0.25, 0.3) is 11.8 Å². The largest absolute Gasteiger partial charge is 0.492 e. The van der Waals surface area contributed by atoms with Crippen LogP contribution in [0.25, 0.3) is 5.57 Å². The van der Waals surface area contributed by atoms with Crippen LogP contribution in [0.5, 0.6) is 5.75 Å². The number of nitrogens with one attached hydrogen (secondary N) is 1. The zero-order chi connectivity index (χ0) is 21.1. The zero-order valence-corrected chi connectivity index (χ0v) is 17.8. The number of carbonyl (C=O) groups excluding carboxylic acids is 2. The number of hydrogen-bond acceptors (Lipinski definition) is 4. The number of nitrogens with zero attached hydrogens (tertiary/aromatic N) is 1. The predicted molar refractivity (Wildman–Crippen MR) is 121 cm³/mol. The lowest BCUT2D eigenvalue weighted by Crippen LogP contribution is -2.32. The van der Waals surface area contributed by atoms with Gasteiger partial charge in [0, 0.05) is 4.47 Å². The number of amides is 2. The van der Waals surface area contributed by atoms with E-state index in [1.54, 1.807) is 24.3 Å². The second-order valence-electron chi connectivity index (χ2n) is 6.59. The number of rotatable bonds is 6. The molecule has 0 aromatic heterocycles. The SMILES string of the molecule is CCOc1ccccc1NC1=C(c2ccccc2)C(=O)N(c2ccc(Br)cc2)C1=O. The molecule has 0 fully saturated rings. The first kappa shape index (κ1) is 19.9. The van der Waals surface area contributed by atoms with Gasteiger partial charge in [-0.3, -0.25) is 9.59 Å². The number of carbonyl (C=O) groups is 2. The maximum absolute atomic E-state index is 13.4. The molecule has 0 saturated heterocycles. The standard InChI is InChI=1S/C24H19BrN2O3/c1-2-30-20-11-7-6-10-19(20)26-22-21(16-8-4-3-5-9-16)23(28)27(24(22)29)18-14-12-17(25)13-15-18/h3-15,26H,2H2,1H3. The highest BCUT2D eigenvalue weighted by atomic mass is 79.9. The van der Waals surface area contributed by atoms with E-state index in [2.05, 4.69) is 21.2 Å². The Kier molecular flexibility index (Phi) is 5.68. The molecular weight excluding hydrogens is 444 g/mol. The lowest BCUT2D eigenvalue weighted by molar-refractivity contribution is -0.120. The summed E-state index contributed by atoms with van der Waals surface area (Å²) in [7, 11) is 0. The first-order chi connectivity index (χ1) is 14.6. The first-order valence-electron chi connectivity index (χ1n) is 9.53. The van der Waals surface area contributed by atoms with Gasteiger partial charge in [-0.15, -0.1) is 0 Å². The molecule has 0 aliphatic carbocycles. The van der Waals surface area contributed by atoms with Crippen LogP contribution >= 0.6 is 15.9 Å². The molecule has 3 aromatic rings. The molecule has 150 valence electrons. The second kappa shape index (κ2) is 8.55. The lowest BCUT2D eigenvalue weighted by atomic mass is 10.0. The fraction of sp³-hybridized carbons (Fsp3) is 0.0833. The molecule has 1 N–H and O–H groups in total. The Hall–Kier alpha value is -3.38. The summed E-state index contributed by atoms with van der Waals surface area (Å²) >= 11 is 3.39. The molecule has 2 amide bonds. The normalized spacial score (nSPS) is 13.7. The van der Waals surface area contributed by atoms with Gasteiger partial charge in [-0.25, -0.2) is 4.90 Å². The monoisotopic (exact) mass is 462 g/mol. The second-order valence-corrected chi connectivity index (χ2v) is 7.51. The summed E-state index contributed by atoms with van der Waals surface area (Å²) in [6.45, 7) is 2.38. The van der Waals surface area contributed by atoms with E-state index in [-0.39, 0.29) is 11.6 Å². The summed E-state index contributed by atoms with van der Waals surface area (Å²) in [6.07, 6.45) is 0. The molecule has 1 aliphatic rings. The van der Waals surface area contributed by atoms with Gasteiger partial charge in [-0.2, -0.15) is 0 Å². The average Bonchev–Trinajstić information content (AvgIpc) is 3.00. The minimum Gasteiger partial charge on any atom is -0.492 e. The quantitative estimate of drug-likeness (QED) is 0.508. The zero-order valence-electron chi connectivity index (χ0n) is 16.3. The van der Waals surface area contributed by atoms with Gasteiger partial charge in [0.1, 0.15) is 11.4 Å². The number of anilines is 2. The Morgan fingerprint density at radius 1 is 0.867 bits per heavy atom. The van der Waals surface area contributed by atoms with Gasteiger partial charge in [-0.1, -0.05) is 58.4 Å². The van der Waals surface area contributed by atoms with Crippen molar-refractivity contribution in [2.75, 3.05) is 16.8 Å². The van der Waals surface area contributed by atoms with E-state index >= 15 is 0 Å². The Morgan fingerprint density at radius 2 is 1.53 bits per heavy atom. The fourth-order valence-corrected chi connectivity index (χ4v) is 3.59. The molecule has 4 rings (SSSR count). The molecule has 0 saturated carbocycles. The van der Waals surface area contributed by atoms with Crippen molar-refractivity contribution >= 4 is 44.7 Å². The molecule has 1 heterocycles. The van der Waals surface area contributed by atoms with Crippen molar-refractivity contribution in [2.45, 2.75) is 6.92 Å². The number of hydrogen-bond donors (Lipinski definition) is 1. The van der Waals surface area contributed by atoms with Crippen molar-refractivity contribution in [3.63, 3.8) is 0 Å². The van der Waals surface area contributed by atoms with Gasteiger partial charge < -0.3 is 10.1 Å². The third kappa shape index (κ3) is 3.74. The van der Waals surface area contributed by atoms with Crippen LogP contribution in [-0.2, 0) is 9.59 Å². The van der Waals surface area contributed by atoms with Crippen LogP contribution in [-0.4, -0.2) is 18.4 Å². The smallest absolute Gasteiger partial charge is 0.282 e. The van der Waals surface area contributed by atoms with Crippen molar-refractivity contribution in [1.29, 1.82) is 0 Å². The third-order valence-electron chi connectivity index (χ3n) is 4.68. The van der Waals surface area contributed by atoms with Crippen LogP contribution in [0, 0.1) is 0 Å². The van der Waals surface area contributed by atoms with Gasteiger partial charge >= 0.3 is 0 Å². The number of para-hydroxylation sites is 2. The Balaban J connectivity index is 1.81. The molecule has 6 heteroatoms. The number of imide groups is 1. The van der Waals surface area contributed by atoms with Crippen LogP contribution in [0.1, 0.15) is 12.5 Å². The Morgan fingerprint density at radius 3 is 2.23 bits per heavy atom. The molecule has 30 heavy (non-hydrogen) atoms. The highest BCUT2D eigenvalue weighted by molar-refractivity contribution is 9.10. The minimum absolute atomic E-state index is 0.223. The summed E-state index contributed by atoms with van der Waals surface area (Å²) in [5.41, 5.74) is 2.36. The summed E-state index contributed by atoms with van der Waals surface area (Å²) in [5, 5.41) is 3.17. The molecule has 5 nitrogen and oxygen atoms in total. The van der Waals surface area contributed by atoms with Gasteiger partial charge in [-0.05, 0) is 48.9 Å². The Labute approximate surface area is 183 Å². The van der Waals surface area contributed by atoms with Gasteiger partial charge in [0.15, 0.2) is 0 Å². The van der Waals surface area contributed by atoms with Crippen molar-refractivity contribution in [3.8, 4) is 5.75 Å². The molecule has 0 bridgehead atoms. The van der Waals surface area contributed by atoms with Crippen LogP contribution in [0.2, 0.25) is 0 Å². The van der Waals surface area contributed by atoms with Crippen molar-refractivity contribution in [2.24, 2.45) is 0 Å². The molecule has 0 atom stereocenters. The van der Waals surface area contributed by atoms with E-state index in [1.807, 2.05) is 61.5 Å². The highest BCUT2D eigenvalue weighted by Gasteiger charge is 2.40. The molecular formula is C24H19BrN2O3. The molecule has 1 aliphatic heterocycles. The maximum atomic E-state index is 13.4. The van der Waals surface area contributed by atoms with Crippen LogP contribution in [0.15, 0.2) is 89.0 Å². The fourth-order valence-electron chi connectivity index (χ4n) is 3.33. The molecule has 0 spiro atoms. The van der Waals surface area contributed by atoms with Crippen molar-refractivity contribution in [1.82, 2.24) is 0 Å². The molecule has 0 radical (unpaired) electrons. The van der Waals surface area contributed by atoms with E-state index in [0.717, 1.165) is 4.47 Å². The number of ether oxygens (including phenoxy) is 1. The third-order valence-corrected chi connectivity index (χ3v) is 5.21. The van der Waals surface area contributed by atoms with Crippen LogP contribution in [0.3, 0.4) is 0 Å². The van der Waals surface area contributed by atoms with E-state index in [0.29, 0.717) is 34.9 Å². The molecule has 3 aromatic carbocycles. The maximum Gasteiger partial charge on any atom is 0.282 e. The van der Waals surface area contributed by atoms with E-state index in [4.69, 9.17) is 4.74 Å². The number of benzene rings is 3. The topological polar surface area (TPSA) is 58.6 Å². The summed E-state index contributed by atoms with van der Waals surface area (Å²) < 4.78 is 6.54. The van der Waals surface area contributed by atoms with Crippen molar-refractivity contribution in [3.05, 3.63) is 94.6 Å². The van der Waals surface area contributed by atoms with Gasteiger partial charge in [0.05, 0.1) is 23.6 Å². The van der Waals surface area contributed by atoms with Crippen LogP contribution < -0.4 is 15.0 Å². The van der Waals surface area contributed by atoms with E-state index in [1.165, 1.54) is 4.90 Å². The lowest BCUT2D eigenvalue weighted by Gasteiger charge is -2.16. The molecule has 0 unspecified atom stereocenters. The Bertz CT molecular complexity index is 1120. The minimum atomic E-state index is -0.410. The summed E-state index contributed by atoms with van der Waals surface area (Å²) in [5.74, 6) is -0.167. The van der Waals surface area contributed by atoms with E-state index < -0.39 is 5.91 Å². The van der Waals surface area contributed by atoms with Crippen molar-refractivity contribution < 1.29 is 14.3 Å². The predicted octanol–water partition coefficient (Wildman–Crippen LogP) is 5.24.